The van der Waals surface area contributed by atoms with E-state index in [2.05, 4.69) is 53.6 Å². The minimum Gasteiger partial charge on any atom is -0.504 e. The highest BCUT2D eigenvalue weighted by Gasteiger charge is 2.28. The first-order valence-corrected chi connectivity index (χ1v) is 6.98. The maximum absolute atomic E-state index is 10.5. The Kier molecular flexibility index (Phi) is 4.46. The van der Waals surface area contributed by atoms with E-state index in [-0.39, 0.29) is 5.41 Å². The molecule has 0 aliphatic heterocycles. The molecule has 0 saturated carbocycles. The van der Waals surface area contributed by atoms with Gasteiger partial charge in [-0.25, -0.2) is 0 Å². The van der Waals surface area contributed by atoms with Gasteiger partial charge in [0, 0.05) is 17.9 Å². The Morgan fingerprint density at radius 2 is 1.78 bits per heavy atom. The van der Waals surface area contributed by atoms with E-state index in [0.717, 1.165) is 24.4 Å². The third-order valence-electron chi connectivity index (χ3n) is 3.29. The molecule has 0 bridgehead atoms. The van der Waals surface area contributed by atoms with E-state index in [4.69, 9.17) is 0 Å². The molecular weight excluding hydrogens is 224 g/mol. The van der Waals surface area contributed by atoms with Gasteiger partial charge in [-0.05, 0) is 12.3 Å². The highest BCUT2D eigenvalue weighted by molar-refractivity contribution is 5.38. The van der Waals surface area contributed by atoms with Crippen molar-refractivity contribution in [1.82, 2.24) is 9.78 Å². The topological polar surface area (TPSA) is 38.1 Å². The molecule has 0 fully saturated rings. The van der Waals surface area contributed by atoms with E-state index in [0.29, 0.717) is 17.6 Å². The molecule has 1 heterocycles. The molecule has 0 amide bonds. The van der Waals surface area contributed by atoms with Gasteiger partial charge < -0.3 is 5.11 Å². The van der Waals surface area contributed by atoms with Crippen molar-refractivity contribution in [3.63, 3.8) is 0 Å². The molecule has 3 heteroatoms. The largest absolute Gasteiger partial charge is 0.504 e. The lowest BCUT2D eigenvalue weighted by atomic mass is 9.90. The average molecular weight is 252 g/mol. The first kappa shape index (κ1) is 15.1. The molecule has 1 aromatic rings. The smallest absolute Gasteiger partial charge is 0.160 e. The van der Waals surface area contributed by atoms with E-state index in [1.54, 1.807) is 0 Å². The second-order valence-electron chi connectivity index (χ2n) is 6.72. The van der Waals surface area contributed by atoms with E-state index in [1.165, 1.54) is 0 Å². The predicted octanol–water partition coefficient (Wildman–Crippen LogP) is 4.06. The molecule has 1 unspecified atom stereocenters. The summed E-state index contributed by atoms with van der Waals surface area (Å²) < 4.78 is 2.01. The molecule has 1 rings (SSSR count). The molecule has 0 radical (unpaired) electrons. The highest BCUT2D eigenvalue weighted by atomic mass is 16.3. The van der Waals surface area contributed by atoms with Gasteiger partial charge in [-0.3, -0.25) is 4.68 Å². The molecule has 1 N–H and O–H groups in total. The SMILES string of the molecule is CCC(C)c1c(O)c(C(C)(C)C)nn1CC(C)C. The van der Waals surface area contributed by atoms with Crippen LogP contribution in [-0.4, -0.2) is 14.9 Å². The Hall–Kier alpha value is -0.990. The van der Waals surface area contributed by atoms with Crippen molar-refractivity contribution in [3.05, 3.63) is 11.4 Å². The lowest BCUT2D eigenvalue weighted by Gasteiger charge is -2.15. The third kappa shape index (κ3) is 3.06. The van der Waals surface area contributed by atoms with Crippen LogP contribution in [0.4, 0.5) is 0 Å². The number of aromatic hydroxyl groups is 1. The van der Waals surface area contributed by atoms with Crippen LogP contribution in [0.25, 0.3) is 0 Å². The summed E-state index contributed by atoms with van der Waals surface area (Å²) in [5, 5.41) is 15.1. The van der Waals surface area contributed by atoms with Crippen molar-refractivity contribution in [2.24, 2.45) is 5.92 Å². The van der Waals surface area contributed by atoms with Crippen molar-refractivity contribution in [3.8, 4) is 5.75 Å². The van der Waals surface area contributed by atoms with Crippen LogP contribution < -0.4 is 0 Å². The fourth-order valence-electron chi connectivity index (χ4n) is 2.14. The molecule has 0 aliphatic carbocycles. The normalized spacial score (nSPS) is 14.2. The average Bonchev–Trinajstić information content (AvgIpc) is 2.53. The molecule has 0 saturated heterocycles. The summed E-state index contributed by atoms with van der Waals surface area (Å²) in [5.41, 5.74) is 1.70. The Morgan fingerprint density at radius 1 is 1.22 bits per heavy atom. The Balaban J connectivity index is 3.31. The fraction of sp³-hybridized carbons (Fsp3) is 0.800. The first-order chi connectivity index (χ1) is 8.18. The number of rotatable bonds is 4. The lowest BCUT2D eigenvalue weighted by molar-refractivity contribution is 0.427. The number of hydrogen-bond donors (Lipinski definition) is 1. The fourth-order valence-corrected chi connectivity index (χ4v) is 2.14. The monoisotopic (exact) mass is 252 g/mol. The van der Waals surface area contributed by atoms with Gasteiger partial charge in [-0.2, -0.15) is 5.10 Å². The van der Waals surface area contributed by atoms with Gasteiger partial charge in [-0.15, -0.1) is 0 Å². The number of hydrogen-bond acceptors (Lipinski definition) is 2. The highest BCUT2D eigenvalue weighted by Crippen LogP contribution is 2.37. The minimum absolute atomic E-state index is 0.117. The summed E-state index contributed by atoms with van der Waals surface area (Å²) in [4.78, 5) is 0. The van der Waals surface area contributed by atoms with Gasteiger partial charge in [0.25, 0.3) is 0 Å². The zero-order chi connectivity index (χ0) is 14.1. The van der Waals surface area contributed by atoms with Crippen LogP contribution in [0.15, 0.2) is 0 Å². The predicted molar refractivity (Wildman–Crippen MR) is 76.1 cm³/mol. The molecule has 1 atom stereocenters. The Morgan fingerprint density at radius 3 is 2.17 bits per heavy atom. The molecule has 0 spiro atoms. The summed E-state index contributed by atoms with van der Waals surface area (Å²) in [6.07, 6.45) is 1.01. The van der Waals surface area contributed by atoms with Gasteiger partial charge in [0.2, 0.25) is 0 Å². The van der Waals surface area contributed by atoms with E-state index >= 15 is 0 Å². The molecular formula is C15H28N2O. The molecule has 0 aromatic carbocycles. The summed E-state index contributed by atoms with van der Waals surface area (Å²) in [7, 11) is 0. The molecule has 3 nitrogen and oxygen atoms in total. The van der Waals surface area contributed by atoms with Crippen LogP contribution in [0.1, 0.15) is 72.2 Å². The number of nitrogens with zero attached hydrogens (tertiary/aromatic N) is 2. The zero-order valence-electron chi connectivity index (χ0n) is 12.9. The van der Waals surface area contributed by atoms with Crippen LogP contribution in [0.5, 0.6) is 5.75 Å². The quantitative estimate of drug-likeness (QED) is 0.877. The summed E-state index contributed by atoms with van der Waals surface area (Å²) in [5.74, 6) is 1.27. The molecule has 18 heavy (non-hydrogen) atoms. The number of aromatic nitrogens is 2. The van der Waals surface area contributed by atoms with E-state index in [9.17, 15) is 5.11 Å². The third-order valence-corrected chi connectivity index (χ3v) is 3.29. The van der Waals surface area contributed by atoms with Crippen LogP contribution in [0.3, 0.4) is 0 Å². The summed E-state index contributed by atoms with van der Waals surface area (Å²) in [6, 6.07) is 0. The lowest BCUT2D eigenvalue weighted by Crippen LogP contribution is -2.15. The zero-order valence-corrected chi connectivity index (χ0v) is 12.9. The van der Waals surface area contributed by atoms with Crippen molar-refractivity contribution < 1.29 is 5.11 Å². The van der Waals surface area contributed by atoms with Crippen molar-refractivity contribution in [2.75, 3.05) is 0 Å². The van der Waals surface area contributed by atoms with Crippen LogP contribution in [-0.2, 0) is 12.0 Å². The maximum atomic E-state index is 10.5. The van der Waals surface area contributed by atoms with Crippen molar-refractivity contribution >= 4 is 0 Å². The van der Waals surface area contributed by atoms with Gasteiger partial charge in [-0.1, -0.05) is 48.5 Å². The Labute approximate surface area is 111 Å². The minimum atomic E-state index is -0.117. The molecule has 0 aliphatic rings. The second-order valence-corrected chi connectivity index (χ2v) is 6.72. The van der Waals surface area contributed by atoms with Gasteiger partial charge in [0.1, 0.15) is 5.69 Å². The van der Waals surface area contributed by atoms with Crippen molar-refractivity contribution in [2.45, 2.75) is 72.8 Å². The molecule has 104 valence electrons. The van der Waals surface area contributed by atoms with E-state index < -0.39 is 0 Å². The van der Waals surface area contributed by atoms with E-state index in [1.807, 2.05) is 4.68 Å². The summed E-state index contributed by atoms with van der Waals surface area (Å²) in [6.45, 7) is 15.8. The van der Waals surface area contributed by atoms with Gasteiger partial charge in [0.15, 0.2) is 5.75 Å². The standard InChI is InChI=1S/C15H28N2O/c1-8-11(4)12-13(18)14(15(5,6)7)16-17(12)9-10(2)3/h10-11,18H,8-9H2,1-7H3. The van der Waals surface area contributed by atoms with Gasteiger partial charge >= 0.3 is 0 Å². The molecule has 1 aromatic heterocycles. The van der Waals surface area contributed by atoms with Crippen LogP contribution in [0.2, 0.25) is 0 Å². The van der Waals surface area contributed by atoms with Crippen LogP contribution in [0, 0.1) is 5.92 Å². The van der Waals surface area contributed by atoms with Gasteiger partial charge in [0.05, 0.1) is 5.69 Å². The Bertz CT molecular complexity index is 399. The van der Waals surface area contributed by atoms with Crippen molar-refractivity contribution in [1.29, 1.82) is 0 Å². The van der Waals surface area contributed by atoms with Crippen LogP contribution >= 0.6 is 0 Å². The second kappa shape index (κ2) is 5.33. The maximum Gasteiger partial charge on any atom is 0.160 e. The first-order valence-electron chi connectivity index (χ1n) is 6.98. The summed E-state index contributed by atoms with van der Waals surface area (Å²) >= 11 is 0.